The molecule has 7 nitrogen and oxygen atoms in total. The molecule has 0 unspecified atom stereocenters. The Morgan fingerprint density at radius 1 is 1.28 bits per heavy atom. The summed E-state index contributed by atoms with van der Waals surface area (Å²) >= 11 is 0. The van der Waals surface area contributed by atoms with E-state index in [-0.39, 0.29) is 19.0 Å². The summed E-state index contributed by atoms with van der Waals surface area (Å²) in [5, 5.41) is 13.6. The Balaban J connectivity index is 1.89. The molecule has 0 fully saturated rings. The number of fused-ring (bicyclic) bond motifs is 1. The second kappa shape index (κ2) is 5.44. The Labute approximate surface area is 104 Å². The number of anilines is 1. The molecule has 0 aliphatic heterocycles. The van der Waals surface area contributed by atoms with Crippen molar-refractivity contribution in [3.63, 3.8) is 0 Å². The van der Waals surface area contributed by atoms with E-state index in [1.807, 2.05) is 0 Å². The summed E-state index contributed by atoms with van der Waals surface area (Å²) in [7, 11) is 0. The summed E-state index contributed by atoms with van der Waals surface area (Å²) in [4.78, 5) is 29.9. The predicted octanol–water partition coefficient (Wildman–Crippen LogP) is -0.422. The van der Waals surface area contributed by atoms with E-state index in [1.54, 1.807) is 0 Å². The lowest BCUT2D eigenvalue weighted by Crippen LogP contribution is -2.34. The first-order chi connectivity index (χ1) is 8.66. The second-order valence-corrected chi connectivity index (χ2v) is 4.03. The van der Waals surface area contributed by atoms with Crippen LogP contribution in [0, 0.1) is 0 Å². The maximum absolute atomic E-state index is 11.3. The molecule has 0 bridgehead atoms. The second-order valence-electron chi connectivity index (χ2n) is 4.03. The van der Waals surface area contributed by atoms with E-state index in [9.17, 15) is 9.59 Å². The molecule has 1 aliphatic rings. The minimum atomic E-state index is -1.06. The van der Waals surface area contributed by atoms with E-state index >= 15 is 0 Å². The van der Waals surface area contributed by atoms with Crippen LogP contribution in [0.2, 0.25) is 0 Å². The smallest absolute Gasteiger partial charge is 0.322 e. The molecule has 1 amide bonds. The van der Waals surface area contributed by atoms with Crippen LogP contribution in [0.25, 0.3) is 0 Å². The summed E-state index contributed by atoms with van der Waals surface area (Å²) in [5.41, 5.74) is 2.09. The Morgan fingerprint density at radius 2 is 2.11 bits per heavy atom. The van der Waals surface area contributed by atoms with Crippen LogP contribution in [0.15, 0.2) is 6.33 Å². The van der Waals surface area contributed by atoms with Gasteiger partial charge in [-0.05, 0) is 19.3 Å². The summed E-state index contributed by atoms with van der Waals surface area (Å²) in [6.45, 7) is -0.362. The van der Waals surface area contributed by atoms with E-state index < -0.39 is 5.97 Å². The fraction of sp³-hybridized carbons (Fsp3) is 0.455. The summed E-state index contributed by atoms with van der Waals surface area (Å²) in [5.74, 6) is -0.767. The van der Waals surface area contributed by atoms with E-state index in [4.69, 9.17) is 5.11 Å². The van der Waals surface area contributed by atoms with Crippen molar-refractivity contribution >= 4 is 17.7 Å². The third-order valence-corrected chi connectivity index (χ3v) is 2.73. The molecule has 0 saturated carbocycles. The molecule has 0 radical (unpaired) electrons. The van der Waals surface area contributed by atoms with Gasteiger partial charge in [0.25, 0.3) is 0 Å². The van der Waals surface area contributed by atoms with Gasteiger partial charge in [0, 0.05) is 11.3 Å². The Bertz CT molecular complexity index is 475. The summed E-state index contributed by atoms with van der Waals surface area (Å²) in [6.07, 6.45) is 4.38. The number of nitrogens with zero attached hydrogens (tertiary/aromatic N) is 2. The molecule has 0 atom stereocenters. The lowest BCUT2D eigenvalue weighted by Gasteiger charge is -2.09. The zero-order chi connectivity index (χ0) is 13.0. The number of aryl methyl sites for hydroxylation is 1. The number of carbonyl (C=O) groups is 2. The number of hydrogen-bond acceptors (Lipinski definition) is 5. The molecule has 2 rings (SSSR count). The van der Waals surface area contributed by atoms with Gasteiger partial charge in [0.2, 0.25) is 5.91 Å². The van der Waals surface area contributed by atoms with Crippen LogP contribution < -0.4 is 10.6 Å². The summed E-state index contributed by atoms with van der Waals surface area (Å²) < 4.78 is 0. The van der Waals surface area contributed by atoms with Gasteiger partial charge >= 0.3 is 5.97 Å². The maximum Gasteiger partial charge on any atom is 0.322 e. The fourth-order valence-corrected chi connectivity index (χ4v) is 1.91. The normalized spacial score (nSPS) is 12.9. The molecule has 96 valence electrons. The number of amides is 1. The van der Waals surface area contributed by atoms with Gasteiger partial charge in [0.1, 0.15) is 18.7 Å². The lowest BCUT2D eigenvalue weighted by atomic mass is 10.2. The maximum atomic E-state index is 11.3. The van der Waals surface area contributed by atoms with Crippen molar-refractivity contribution < 1.29 is 14.7 Å². The minimum Gasteiger partial charge on any atom is -0.480 e. The van der Waals surface area contributed by atoms with Gasteiger partial charge in [-0.2, -0.15) is 0 Å². The number of hydrogen-bond donors (Lipinski definition) is 3. The van der Waals surface area contributed by atoms with Crippen LogP contribution in [0.4, 0.5) is 5.82 Å². The highest BCUT2D eigenvalue weighted by molar-refractivity contribution is 5.84. The Kier molecular flexibility index (Phi) is 3.71. The molecule has 1 aliphatic carbocycles. The van der Waals surface area contributed by atoms with Crippen molar-refractivity contribution in [3.05, 3.63) is 17.6 Å². The highest BCUT2D eigenvalue weighted by Gasteiger charge is 2.17. The first-order valence-electron chi connectivity index (χ1n) is 5.72. The van der Waals surface area contributed by atoms with Crippen molar-refractivity contribution in [2.75, 3.05) is 18.4 Å². The first-order valence-corrected chi connectivity index (χ1v) is 5.72. The quantitative estimate of drug-likeness (QED) is 0.655. The third-order valence-electron chi connectivity index (χ3n) is 2.73. The monoisotopic (exact) mass is 250 g/mol. The number of carboxylic acid groups (broad SMARTS) is 1. The molecule has 0 spiro atoms. The van der Waals surface area contributed by atoms with Gasteiger partial charge < -0.3 is 15.7 Å². The molecule has 0 aromatic carbocycles. The van der Waals surface area contributed by atoms with Crippen molar-refractivity contribution in [2.45, 2.75) is 19.3 Å². The Hall–Kier alpha value is -2.18. The molecule has 0 saturated heterocycles. The van der Waals surface area contributed by atoms with Crippen molar-refractivity contribution in [1.82, 2.24) is 15.3 Å². The molecule has 3 N–H and O–H groups in total. The Morgan fingerprint density at radius 3 is 2.89 bits per heavy atom. The standard InChI is InChI=1S/C11H14N4O3/c16-9(12-5-10(17)18)4-13-11-7-2-1-3-8(7)14-6-15-11/h6H,1-5H2,(H,12,16)(H,17,18)(H,13,14,15). The van der Waals surface area contributed by atoms with Gasteiger partial charge in [0.05, 0.1) is 6.54 Å². The number of aromatic nitrogens is 2. The van der Waals surface area contributed by atoms with Gasteiger partial charge in [-0.3, -0.25) is 9.59 Å². The fourth-order valence-electron chi connectivity index (χ4n) is 1.91. The number of rotatable bonds is 5. The third kappa shape index (κ3) is 2.93. The van der Waals surface area contributed by atoms with Crippen molar-refractivity contribution in [3.8, 4) is 0 Å². The van der Waals surface area contributed by atoms with Crippen molar-refractivity contribution in [1.29, 1.82) is 0 Å². The van der Waals surface area contributed by atoms with Crippen LogP contribution in [0.3, 0.4) is 0 Å². The number of carboxylic acids is 1. The molecule has 7 heteroatoms. The molecule has 1 aromatic rings. The minimum absolute atomic E-state index is 0.0106. The number of nitrogens with one attached hydrogen (secondary N) is 2. The van der Waals surface area contributed by atoms with Crippen molar-refractivity contribution in [2.24, 2.45) is 0 Å². The average Bonchev–Trinajstić information content (AvgIpc) is 2.82. The SMILES string of the molecule is O=C(O)CNC(=O)CNc1ncnc2c1CCC2. The van der Waals surface area contributed by atoms with Crippen LogP contribution in [0.1, 0.15) is 17.7 Å². The topological polar surface area (TPSA) is 104 Å². The van der Waals surface area contributed by atoms with Crippen LogP contribution >= 0.6 is 0 Å². The highest BCUT2D eigenvalue weighted by Crippen LogP contribution is 2.24. The average molecular weight is 250 g/mol. The van der Waals surface area contributed by atoms with E-state index in [0.717, 1.165) is 30.5 Å². The van der Waals surface area contributed by atoms with Gasteiger partial charge in [-0.25, -0.2) is 9.97 Å². The van der Waals surface area contributed by atoms with Crippen LogP contribution in [0.5, 0.6) is 0 Å². The predicted molar refractivity (Wildman–Crippen MR) is 63.2 cm³/mol. The lowest BCUT2D eigenvalue weighted by molar-refractivity contribution is -0.137. The largest absolute Gasteiger partial charge is 0.480 e. The molecule has 18 heavy (non-hydrogen) atoms. The highest BCUT2D eigenvalue weighted by atomic mass is 16.4. The molecule has 1 aromatic heterocycles. The van der Waals surface area contributed by atoms with Gasteiger partial charge in [0.15, 0.2) is 0 Å². The van der Waals surface area contributed by atoms with Crippen LogP contribution in [-0.2, 0) is 22.4 Å². The number of aliphatic carboxylic acids is 1. The zero-order valence-corrected chi connectivity index (χ0v) is 9.77. The number of carbonyl (C=O) groups excluding carboxylic acids is 1. The van der Waals surface area contributed by atoms with E-state index in [0.29, 0.717) is 5.82 Å². The van der Waals surface area contributed by atoms with E-state index in [1.165, 1.54) is 6.33 Å². The van der Waals surface area contributed by atoms with Crippen LogP contribution in [-0.4, -0.2) is 40.0 Å². The van der Waals surface area contributed by atoms with Gasteiger partial charge in [-0.15, -0.1) is 0 Å². The molecular weight excluding hydrogens is 236 g/mol. The zero-order valence-electron chi connectivity index (χ0n) is 9.77. The summed E-state index contributed by atoms with van der Waals surface area (Å²) in [6, 6.07) is 0. The van der Waals surface area contributed by atoms with E-state index in [2.05, 4.69) is 20.6 Å². The first kappa shape index (κ1) is 12.3. The molecule has 1 heterocycles. The molecular formula is C11H14N4O3. The van der Waals surface area contributed by atoms with Gasteiger partial charge in [-0.1, -0.05) is 0 Å².